The quantitative estimate of drug-likeness (QED) is 0.573. The highest BCUT2D eigenvalue weighted by molar-refractivity contribution is 7.99. The van der Waals surface area contributed by atoms with Crippen LogP contribution in [0.5, 0.6) is 0 Å². The molecule has 0 bridgehead atoms. The number of nitrogens with zero attached hydrogens (tertiary/aromatic N) is 2. The summed E-state index contributed by atoms with van der Waals surface area (Å²) in [5.74, 6) is 3.68. The average molecular weight is 269 g/mol. The van der Waals surface area contributed by atoms with Gasteiger partial charge in [0.2, 0.25) is 0 Å². The lowest BCUT2D eigenvalue weighted by Gasteiger charge is -2.52. The number of guanidine groups is 1. The van der Waals surface area contributed by atoms with Crippen LogP contribution >= 0.6 is 11.8 Å². The molecule has 0 aromatic heterocycles. The standard InChI is InChI=1S/C13H23N3OS/c1-13(2)10(9-3-6-17-11(9)13)15-12(14)16-4-7-18-8-5-16/h9-11H,3-8H2,1-2H3,(H2,14,15). The Kier molecular flexibility index (Phi) is 3.22. The topological polar surface area (TPSA) is 50.8 Å². The summed E-state index contributed by atoms with van der Waals surface area (Å²) >= 11 is 2.00. The number of hydrogen-bond acceptors (Lipinski definition) is 3. The Morgan fingerprint density at radius 1 is 1.39 bits per heavy atom. The molecule has 5 heteroatoms. The SMILES string of the molecule is CC1(C)C(N=C(N)N2CCSCC2)C2CCOC21. The van der Waals surface area contributed by atoms with E-state index in [1.54, 1.807) is 0 Å². The first-order valence-corrected chi connectivity index (χ1v) is 8.04. The van der Waals surface area contributed by atoms with Crippen molar-refractivity contribution >= 4 is 17.7 Å². The molecule has 3 aliphatic rings. The minimum atomic E-state index is 0.149. The molecule has 3 atom stereocenters. The van der Waals surface area contributed by atoms with Crippen molar-refractivity contribution in [2.24, 2.45) is 22.1 Å². The summed E-state index contributed by atoms with van der Waals surface area (Å²) in [5, 5.41) is 0. The number of thioether (sulfide) groups is 1. The molecular formula is C13H23N3OS. The van der Waals surface area contributed by atoms with Gasteiger partial charge in [-0.25, -0.2) is 4.99 Å². The fraction of sp³-hybridized carbons (Fsp3) is 0.923. The van der Waals surface area contributed by atoms with Crippen LogP contribution < -0.4 is 5.73 Å². The minimum absolute atomic E-state index is 0.149. The number of fused-ring (bicyclic) bond motifs is 1. The van der Waals surface area contributed by atoms with Crippen LogP contribution in [0.2, 0.25) is 0 Å². The second kappa shape index (κ2) is 4.60. The highest BCUT2D eigenvalue weighted by atomic mass is 32.2. The molecule has 3 fully saturated rings. The summed E-state index contributed by atoms with van der Waals surface area (Å²) in [5.41, 5.74) is 6.34. The number of ether oxygens (including phenoxy) is 1. The second-order valence-corrected chi connectivity index (χ2v) is 7.32. The van der Waals surface area contributed by atoms with Gasteiger partial charge in [-0.1, -0.05) is 13.8 Å². The van der Waals surface area contributed by atoms with Crippen molar-refractivity contribution in [2.45, 2.75) is 32.4 Å². The van der Waals surface area contributed by atoms with Gasteiger partial charge < -0.3 is 15.4 Å². The summed E-state index contributed by atoms with van der Waals surface area (Å²) < 4.78 is 5.80. The maximum atomic E-state index is 6.19. The van der Waals surface area contributed by atoms with Crippen LogP contribution in [0.15, 0.2) is 4.99 Å². The maximum Gasteiger partial charge on any atom is 0.191 e. The van der Waals surface area contributed by atoms with Gasteiger partial charge in [0.15, 0.2) is 5.96 Å². The van der Waals surface area contributed by atoms with Gasteiger partial charge in [0, 0.05) is 42.5 Å². The van der Waals surface area contributed by atoms with Gasteiger partial charge in [0.1, 0.15) is 0 Å². The smallest absolute Gasteiger partial charge is 0.191 e. The number of nitrogens with two attached hydrogens (primary N) is 1. The fourth-order valence-corrected chi connectivity index (χ4v) is 4.48. The van der Waals surface area contributed by atoms with Crippen LogP contribution in [-0.4, -0.2) is 54.2 Å². The first kappa shape index (κ1) is 12.6. The third-order valence-corrected chi connectivity index (χ3v) is 5.59. The molecule has 2 heterocycles. The normalized spacial score (nSPS) is 39.3. The van der Waals surface area contributed by atoms with Crippen LogP contribution in [0.1, 0.15) is 20.3 Å². The molecule has 2 aliphatic heterocycles. The Bertz CT molecular complexity index is 352. The lowest BCUT2D eigenvalue weighted by Crippen LogP contribution is -2.60. The lowest BCUT2D eigenvalue weighted by molar-refractivity contribution is -0.0987. The van der Waals surface area contributed by atoms with Gasteiger partial charge >= 0.3 is 0 Å². The van der Waals surface area contributed by atoms with Crippen molar-refractivity contribution in [3.8, 4) is 0 Å². The largest absolute Gasteiger partial charge is 0.377 e. The molecule has 2 saturated heterocycles. The molecule has 1 aliphatic carbocycles. The fourth-order valence-electron chi connectivity index (χ4n) is 3.58. The summed E-state index contributed by atoms with van der Waals surface area (Å²) in [6, 6.07) is 0.347. The third kappa shape index (κ3) is 1.92. The van der Waals surface area contributed by atoms with Gasteiger partial charge in [-0.15, -0.1) is 0 Å². The predicted octanol–water partition coefficient (Wildman–Crippen LogP) is 1.16. The third-order valence-electron chi connectivity index (χ3n) is 4.65. The van der Waals surface area contributed by atoms with E-state index in [1.165, 1.54) is 11.5 Å². The van der Waals surface area contributed by atoms with Crippen molar-refractivity contribution in [1.29, 1.82) is 0 Å². The lowest BCUT2D eigenvalue weighted by atomic mass is 9.57. The van der Waals surface area contributed by atoms with Crippen molar-refractivity contribution in [3.63, 3.8) is 0 Å². The molecule has 2 N–H and O–H groups in total. The van der Waals surface area contributed by atoms with E-state index in [2.05, 4.69) is 18.7 Å². The highest BCUT2D eigenvalue weighted by Crippen LogP contribution is 2.53. The van der Waals surface area contributed by atoms with Crippen molar-refractivity contribution in [3.05, 3.63) is 0 Å². The maximum absolute atomic E-state index is 6.19. The summed E-state index contributed by atoms with van der Waals surface area (Å²) in [6.07, 6.45) is 1.54. The van der Waals surface area contributed by atoms with Crippen molar-refractivity contribution in [1.82, 2.24) is 4.90 Å². The zero-order valence-corrected chi connectivity index (χ0v) is 12.1. The summed E-state index contributed by atoms with van der Waals surface area (Å²) in [7, 11) is 0. The van der Waals surface area contributed by atoms with E-state index in [9.17, 15) is 0 Å². The Balaban J connectivity index is 1.71. The molecule has 0 spiro atoms. The molecule has 0 amide bonds. The molecular weight excluding hydrogens is 246 g/mol. The van der Waals surface area contributed by atoms with Gasteiger partial charge in [0.05, 0.1) is 12.1 Å². The van der Waals surface area contributed by atoms with E-state index in [0.717, 1.165) is 32.1 Å². The predicted molar refractivity (Wildman–Crippen MR) is 75.9 cm³/mol. The first-order valence-electron chi connectivity index (χ1n) is 6.88. The molecule has 102 valence electrons. The van der Waals surface area contributed by atoms with E-state index < -0.39 is 0 Å². The van der Waals surface area contributed by atoms with Crippen molar-refractivity contribution in [2.75, 3.05) is 31.2 Å². The number of hydrogen-bond donors (Lipinski definition) is 1. The molecule has 0 aromatic rings. The zero-order valence-electron chi connectivity index (χ0n) is 11.3. The molecule has 4 nitrogen and oxygen atoms in total. The van der Waals surface area contributed by atoms with Crippen LogP contribution in [-0.2, 0) is 4.74 Å². The zero-order chi connectivity index (χ0) is 12.8. The molecule has 0 aromatic carbocycles. The summed E-state index contributed by atoms with van der Waals surface area (Å²) in [6.45, 7) is 7.49. The van der Waals surface area contributed by atoms with Crippen molar-refractivity contribution < 1.29 is 4.74 Å². The van der Waals surface area contributed by atoms with E-state index in [1.807, 2.05) is 11.8 Å². The Morgan fingerprint density at radius 3 is 2.83 bits per heavy atom. The Morgan fingerprint density at radius 2 is 2.11 bits per heavy atom. The van der Waals surface area contributed by atoms with Gasteiger partial charge in [0.25, 0.3) is 0 Å². The Hall–Kier alpha value is -0.420. The first-order chi connectivity index (χ1) is 8.60. The average Bonchev–Trinajstić information content (AvgIpc) is 2.83. The molecule has 0 radical (unpaired) electrons. The summed E-state index contributed by atoms with van der Waals surface area (Å²) in [4.78, 5) is 7.06. The van der Waals surface area contributed by atoms with Gasteiger partial charge in [-0.2, -0.15) is 11.8 Å². The van der Waals surface area contributed by atoms with E-state index in [-0.39, 0.29) is 5.41 Å². The minimum Gasteiger partial charge on any atom is -0.377 e. The number of aliphatic imine (C=N–C) groups is 1. The van der Waals surface area contributed by atoms with E-state index >= 15 is 0 Å². The Labute approximate surface area is 113 Å². The van der Waals surface area contributed by atoms with E-state index in [0.29, 0.717) is 18.1 Å². The van der Waals surface area contributed by atoms with Crippen LogP contribution in [0, 0.1) is 11.3 Å². The molecule has 3 rings (SSSR count). The van der Waals surface area contributed by atoms with E-state index in [4.69, 9.17) is 15.5 Å². The van der Waals surface area contributed by atoms with Crippen LogP contribution in [0.4, 0.5) is 0 Å². The monoisotopic (exact) mass is 269 g/mol. The van der Waals surface area contributed by atoms with Gasteiger partial charge in [-0.05, 0) is 6.42 Å². The number of rotatable bonds is 1. The van der Waals surface area contributed by atoms with Crippen LogP contribution in [0.3, 0.4) is 0 Å². The molecule has 1 saturated carbocycles. The van der Waals surface area contributed by atoms with Crippen LogP contribution in [0.25, 0.3) is 0 Å². The highest BCUT2D eigenvalue weighted by Gasteiger charge is 2.59. The molecule has 3 unspecified atom stereocenters. The second-order valence-electron chi connectivity index (χ2n) is 6.10. The molecule has 18 heavy (non-hydrogen) atoms. The van der Waals surface area contributed by atoms with Gasteiger partial charge in [-0.3, -0.25) is 0 Å².